The molecule has 21 heavy (non-hydrogen) atoms. The van der Waals surface area contributed by atoms with Crippen LogP contribution in [0, 0.1) is 11.3 Å². The summed E-state index contributed by atoms with van der Waals surface area (Å²) in [6.45, 7) is 10.1. The lowest BCUT2D eigenvalue weighted by molar-refractivity contribution is -0.137. The molecule has 0 saturated carbocycles. The predicted molar refractivity (Wildman–Crippen MR) is 75.9 cm³/mol. The summed E-state index contributed by atoms with van der Waals surface area (Å²) in [6, 6.07) is 3.34. The third kappa shape index (κ3) is 4.54. The Hall–Kier alpha value is -1.39. The third-order valence-electron chi connectivity index (χ3n) is 3.71. The molecule has 1 aromatic rings. The molecule has 0 bridgehead atoms. The van der Waals surface area contributed by atoms with Gasteiger partial charge < -0.3 is 4.43 Å². The molecule has 1 heterocycles. The summed E-state index contributed by atoms with van der Waals surface area (Å²) >= 11 is 0. The van der Waals surface area contributed by atoms with Crippen molar-refractivity contribution in [3.63, 3.8) is 0 Å². The number of hydrogen-bond acceptors (Lipinski definition) is 3. The molecule has 0 atom stereocenters. The topological polar surface area (TPSA) is 45.9 Å². The molecule has 116 valence electrons. The van der Waals surface area contributed by atoms with Crippen molar-refractivity contribution in [3.05, 3.63) is 29.1 Å². The van der Waals surface area contributed by atoms with Gasteiger partial charge in [0.15, 0.2) is 8.32 Å². The first kappa shape index (κ1) is 17.7. The molecule has 0 aliphatic carbocycles. The molecule has 0 spiro atoms. The molecule has 0 fully saturated rings. The largest absolute Gasteiger partial charge is 0.416 e. The van der Waals surface area contributed by atoms with Gasteiger partial charge in [-0.15, -0.1) is 0 Å². The maximum atomic E-state index is 12.8. The smallest absolute Gasteiger partial charge is 0.411 e. The second-order valence-corrected chi connectivity index (χ2v) is 11.2. The Kier molecular flexibility index (Phi) is 4.86. The van der Waals surface area contributed by atoms with Crippen LogP contribution in [0.25, 0.3) is 0 Å². The molecule has 0 unspecified atom stereocenters. The van der Waals surface area contributed by atoms with Crippen LogP contribution >= 0.6 is 0 Å². The molecule has 0 aliphatic heterocycles. The van der Waals surface area contributed by atoms with Crippen molar-refractivity contribution in [2.24, 2.45) is 0 Å². The molecule has 3 nitrogen and oxygen atoms in total. The third-order valence-corrected chi connectivity index (χ3v) is 8.19. The van der Waals surface area contributed by atoms with Crippen molar-refractivity contribution in [2.45, 2.75) is 51.7 Å². The Bertz CT molecular complexity index is 557. The Morgan fingerprint density at radius 3 is 2.24 bits per heavy atom. The average Bonchev–Trinajstić information content (AvgIpc) is 2.33. The molecule has 1 rings (SSSR count). The minimum absolute atomic E-state index is 0.0188. The molecule has 0 amide bonds. The van der Waals surface area contributed by atoms with Crippen molar-refractivity contribution < 1.29 is 17.6 Å². The first-order valence-electron chi connectivity index (χ1n) is 6.49. The van der Waals surface area contributed by atoms with Crippen LogP contribution in [0.4, 0.5) is 13.2 Å². The highest BCUT2D eigenvalue weighted by molar-refractivity contribution is 6.74. The highest BCUT2D eigenvalue weighted by Crippen LogP contribution is 2.37. The summed E-state index contributed by atoms with van der Waals surface area (Å²) in [4.78, 5) is 3.89. The Morgan fingerprint density at radius 2 is 1.81 bits per heavy atom. The van der Waals surface area contributed by atoms with Crippen LogP contribution in [0.3, 0.4) is 0 Å². The summed E-state index contributed by atoms with van der Waals surface area (Å²) in [5, 5.41) is 8.75. The van der Waals surface area contributed by atoms with E-state index in [2.05, 4.69) is 4.98 Å². The second kappa shape index (κ2) is 5.77. The summed E-state index contributed by atoms with van der Waals surface area (Å²) in [5.41, 5.74) is -0.993. The van der Waals surface area contributed by atoms with Crippen molar-refractivity contribution in [1.29, 1.82) is 5.26 Å². The number of nitriles is 1. The number of nitrogens with zero attached hydrogens (tertiary/aromatic N) is 2. The minimum Gasteiger partial charge on any atom is -0.411 e. The summed E-state index contributed by atoms with van der Waals surface area (Å²) < 4.78 is 44.2. The van der Waals surface area contributed by atoms with Crippen LogP contribution in [0.1, 0.15) is 37.7 Å². The van der Waals surface area contributed by atoms with Crippen LogP contribution < -0.4 is 0 Å². The Balaban J connectivity index is 3.03. The van der Waals surface area contributed by atoms with Gasteiger partial charge in [0, 0.05) is 0 Å². The normalized spacial score (nSPS) is 13.1. The quantitative estimate of drug-likeness (QED) is 0.772. The summed E-state index contributed by atoms with van der Waals surface area (Å²) in [6.07, 6.45) is -4.50. The van der Waals surface area contributed by atoms with E-state index in [0.717, 1.165) is 12.1 Å². The predicted octanol–water partition coefficient (Wildman–Crippen LogP) is 4.49. The van der Waals surface area contributed by atoms with E-state index in [4.69, 9.17) is 9.69 Å². The van der Waals surface area contributed by atoms with E-state index in [1.165, 1.54) is 0 Å². The van der Waals surface area contributed by atoms with Crippen LogP contribution in [0.15, 0.2) is 12.1 Å². The number of alkyl halides is 3. The van der Waals surface area contributed by atoms with Gasteiger partial charge in [-0.3, -0.25) is 0 Å². The van der Waals surface area contributed by atoms with E-state index >= 15 is 0 Å². The van der Waals surface area contributed by atoms with E-state index in [1.807, 2.05) is 33.9 Å². The lowest BCUT2D eigenvalue weighted by Crippen LogP contribution is -2.40. The SMILES string of the molecule is CC(C)(C)[Si](C)(C)OCc1cc(C(F)(F)F)cc(C#N)n1. The Labute approximate surface area is 123 Å². The van der Waals surface area contributed by atoms with Gasteiger partial charge in [0.05, 0.1) is 17.9 Å². The standard InChI is InChI=1S/C14H19F3N2OSi/c1-13(2,3)21(4,5)20-9-12-7-10(14(15,16)17)6-11(8-18)19-12/h6-7H,9H2,1-5H3. The summed E-state index contributed by atoms with van der Waals surface area (Å²) in [5.74, 6) is 0. The van der Waals surface area contributed by atoms with Gasteiger partial charge >= 0.3 is 6.18 Å². The van der Waals surface area contributed by atoms with Crippen LogP contribution in [-0.2, 0) is 17.2 Å². The fraction of sp³-hybridized carbons (Fsp3) is 0.571. The van der Waals surface area contributed by atoms with Crippen molar-refractivity contribution in [2.75, 3.05) is 0 Å². The van der Waals surface area contributed by atoms with Crippen LogP contribution in [0.5, 0.6) is 0 Å². The number of aromatic nitrogens is 1. The fourth-order valence-corrected chi connectivity index (χ4v) is 2.30. The van der Waals surface area contributed by atoms with Crippen LogP contribution in [0.2, 0.25) is 18.1 Å². The highest BCUT2D eigenvalue weighted by atomic mass is 28.4. The van der Waals surface area contributed by atoms with Gasteiger partial charge in [-0.25, -0.2) is 4.98 Å². The zero-order chi connectivity index (χ0) is 16.5. The maximum absolute atomic E-state index is 12.8. The van der Waals surface area contributed by atoms with E-state index < -0.39 is 20.1 Å². The molecule has 0 saturated heterocycles. The van der Waals surface area contributed by atoms with E-state index in [-0.39, 0.29) is 23.0 Å². The lowest BCUT2D eigenvalue weighted by atomic mass is 10.2. The molecule has 7 heteroatoms. The lowest BCUT2D eigenvalue weighted by Gasteiger charge is -2.36. The van der Waals surface area contributed by atoms with Crippen LogP contribution in [-0.4, -0.2) is 13.3 Å². The van der Waals surface area contributed by atoms with Crippen molar-refractivity contribution >= 4 is 8.32 Å². The van der Waals surface area contributed by atoms with Crippen molar-refractivity contribution in [3.8, 4) is 6.07 Å². The summed E-state index contributed by atoms with van der Waals surface area (Å²) in [7, 11) is -2.08. The van der Waals surface area contributed by atoms with E-state index in [0.29, 0.717) is 0 Å². The first-order chi connectivity index (χ1) is 9.37. The molecule has 0 aliphatic rings. The number of halogens is 3. The fourth-order valence-electron chi connectivity index (χ4n) is 1.35. The number of pyridine rings is 1. The van der Waals surface area contributed by atoms with Gasteiger partial charge in [-0.1, -0.05) is 20.8 Å². The Morgan fingerprint density at radius 1 is 1.24 bits per heavy atom. The highest BCUT2D eigenvalue weighted by Gasteiger charge is 2.37. The monoisotopic (exact) mass is 316 g/mol. The second-order valence-electron chi connectivity index (χ2n) is 6.39. The molecular weight excluding hydrogens is 297 g/mol. The molecule has 0 N–H and O–H groups in total. The minimum atomic E-state index is -4.50. The zero-order valence-corrected chi connectivity index (χ0v) is 13.8. The van der Waals surface area contributed by atoms with Gasteiger partial charge in [-0.05, 0) is 30.3 Å². The van der Waals surface area contributed by atoms with E-state index in [9.17, 15) is 13.2 Å². The molecule has 1 aromatic heterocycles. The maximum Gasteiger partial charge on any atom is 0.416 e. The first-order valence-corrected chi connectivity index (χ1v) is 9.40. The number of rotatable bonds is 3. The van der Waals surface area contributed by atoms with Gasteiger partial charge in [0.25, 0.3) is 0 Å². The molecule has 0 radical (unpaired) electrons. The molecule has 0 aromatic carbocycles. The molecular formula is C14H19F3N2OSi. The zero-order valence-electron chi connectivity index (χ0n) is 12.8. The van der Waals surface area contributed by atoms with Gasteiger partial charge in [-0.2, -0.15) is 18.4 Å². The van der Waals surface area contributed by atoms with Gasteiger partial charge in [0.2, 0.25) is 0 Å². The van der Waals surface area contributed by atoms with E-state index in [1.54, 1.807) is 6.07 Å². The average molecular weight is 316 g/mol. The number of hydrogen-bond donors (Lipinski definition) is 0. The van der Waals surface area contributed by atoms with Crippen molar-refractivity contribution in [1.82, 2.24) is 4.98 Å². The van der Waals surface area contributed by atoms with Gasteiger partial charge in [0.1, 0.15) is 11.8 Å².